The van der Waals surface area contributed by atoms with E-state index in [-0.39, 0.29) is 29.9 Å². The van der Waals surface area contributed by atoms with Gasteiger partial charge in [-0.1, -0.05) is 12.1 Å². The largest absolute Gasteiger partial charge is 0.482 e. The Morgan fingerprint density at radius 1 is 1.23 bits per heavy atom. The van der Waals surface area contributed by atoms with Crippen molar-refractivity contribution in [3.05, 3.63) is 47.5 Å². The number of nitrogens with zero attached hydrogens (tertiary/aromatic N) is 2. The zero-order valence-electron chi connectivity index (χ0n) is 17.7. The van der Waals surface area contributed by atoms with Crippen molar-refractivity contribution in [2.45, 2.75) is 37.6 Å². The molecule has 9 heteroatoms. The molecule has 1 atom stereocenters. The number of rotatable bonds is 4. The highest BCUT2D eigenvalue weighted by atomic mass is 32.2. The van der Waals surface area contributed by atoms with Crippen molar-refractivity contribution in [1.29, 1.82) is 0 Å². The van der Waals surface area contributed by atoms with Crippen LogP contribution in [0, 0.1) is 13.8 Å². The van der Waals surface area contributed by atoms with E-state index in [0.717, 1.165) is 11.3 Å². The van der Waals surface area contributed by atoms with E-state index in [4.69, 9.17) is 4.74 Å². The lowest BCUT2D eigenvalue weighted by atomic mass is 10.1. The first-order valence-corrected chi connectivity index (χ1v) is 11.6. The predicted octanol–water partition coefficient (Wildman–Crippen LogP) is 2.45. The Labute approximate surface area is 181 Å². The van der Waals surface area contributed by atoms with E-state index in [0.29, 0.717) is 29.8 Å². The molecule has 8 nitrogen and oxygen atoms in total. The van der Waals surface area contributed by atoms with Crippen molar-refractivity contribution in [3.8, 4) is 5.75 Å². The first-order valence-electron chi connectivity index (χ1n) is 10.1. The molecular formula is C22H25N3O5S. The van der Waals surface area contributed by atoms with E-state index in [1.165, 1.54) is 15.3 Å². The van der Waals surface area contributed by atoms with Crippen LogP contribution >= 0.6 is 0 Å². The highest BCUT2D eigenvalue weighted by Crippen LogP contribution is 2.36. The Morgan fingerprint density at radius 2 is 2.00 bits per heavy atom. The van der Waals surface area contributed by atoms with Crippen molar-refractivity contribution in [2.24, 2.45) is 0 Å². The fourth-order valence-corrected chi connectivity index (χ4v) is 5.96. The van der Waals surface area contributed by atoms with Crippen molar-refractivity contribution < 1.29 is 22.7 Å². The van der Waals surface area contributed by atoms with Gasteiger partial charge in [0.25, 0.3) is 5.91 Å². The lowest BCUT2D eigenvalue weighted by Crippen LogP contribution is -2.46. The number of aryl methyl sites for hydroxylation is 2. The van der Waals surface area contributed by atoms with Gasteiger partial charge in [-0.15, -0.1) is 0 Å². The molecule has 2 aliphatic heterocycles. The third kappa shape index (κ3) is 3.90. The zero-order valence-corrected chi connectivity index (χ0v) is 18.5. The Kier molecular flexibility index (Phi) is 5.49. The Bertz CT molecular complexity index is 1160. The van der Waals surface area contributed by atoms with Gasteiger partial charge in [-0.25, -0.2) is 8.42 Å². The van der Waals surface area contributed by atoms with Gasteiger partial charge in [0, 0.05) is 25.3 Å². The number of sulfonamides is 1. The highest BCUT2D eigenvalue weighted by Gasteiger charge is 2.41. The third-order valence-corrected chi connectivity index (χ3v) is 7.76. The predicted molar refractivity (Wildman–Crippen MR) is 117 cm³/mol. The third-order valence-electron chi connectivity index (χ3n) is 5.70. The summed E-state index contributed by atoms with van der Waals surface area (Å²) >= 11 is 0. The average molecular weight is 444 g/mol. The monoisotopic (exact) mass is 443 g/mol. The van der Waals surface area contributed by atoms with Gasteiger partial charge in [-0.2, -0.15) is 4.31 Å². The molecule has 0 radical (unpaired) electrons. The van der Waals surface area contributed by atoms with Crippen LogP contribution in [0.5, 0.6) is 5.75 Å². The fraction of sp³-hybridized carbons (Fsp3) is 0.364. The van der Waals surface area contributed by atoms with E-state index in [2.05, 4.69) is 5.32 Å². The number of benzene rings is 2. The van der Waals surface area contributed by atoms with Crippen LogP contribution in [0.15, 0.2) is 41.3 Å². The van der Waals surface area contributed by atoms with Gasteiger partial charge >= 0.3 is 0 Å². The molecule has 2 amide bonds. The molecule has 2 heterocycles. The quantitative estimate of drug-likeness (QED) is 0.783. The highest BCUT2D eigenvalue weighted by molar-refractivity contribution is 7.89. The number of hydrogen-bond donors (Lipinski definition) is 1. The summed E-state index contributed by atoms with van der Waals surface area (Å²) in [6.45, 7) is 3.72. The van der Waals surface area contributed by atoms with Crippen molar-refractivity contribution in [3.63, 3.8) is 0 Å². The number of amides is 2. The molecule has 164 valence electrons. The molecule has 0 aliphatic carbocycles. The van der Waals surface area contributed by atoms with Gasteiger partial charge in [0.05, 0.1) is 10.6 Å². The maximum atomic E-state index is 13.5. The average Bonchev–Trinajstić information content (AvgIpc) is 3.23. The van der Waals surface area contributed by atoms with Gasteiger partial charge in [0.1, 0.15) is 11.8 Å². The molecule has 0 saturated carbocycles. The number of nitrogens with one attached hydrogen (secondary N) is 1. The second-order valence-electron chi connectivity index (χ2n) is 7.96. The van der Waals surface area contributed by atoms with Crippen molar-refractivity contribution in [2.75, 3.05) is 30.4 Å². The van der Waals surface area contributed by atoms with Crippen LogP contribution in [0.25, 0.3) is 0 Å². The molecule has 1 fully saturated rings. The number of carbonyl (C=O) groups excluding carboxylic acids is 2. The minimum Gasteiger partial charge on any atom is -0.482 e. The summed E-state index contributed by atoms with van der Waals surface area (Å²) in [5.41, 5.74) is 2.67. The van der Waals surface area contributed by atoms with Crippen LogP contribution in [0.3, 0.4) is 0 Å². The van der Waals surface area contributed by atoms with Crippen LogP contribution in [-0.4, -0.2) is 50.8 Å². The van der Waals surface area contributed by atoms with E-state index in [1.54, 1.807) is 20.0 Å². The van der Waals surface area contributed by atoms with Crippen LogP contribution in [-0.2, 0) is 19.6 Å². The molecule has 2 aliphatic rings. The zero-order chi connectivity index (χ0) is 22.3. The first-order chi connectivity index (χ1) is 14.7. The molecule has 31 heavy (non-hydrogen) atoms. The fourth-order valence-electron chi connectivity index (χ4n) is 4.08. The van der Waals surface area contributed by atoms with Gasteiger partial charge in [-0.05, 0) is 56.0 Å². The standard InChI is InChI=1S/C22H25N3O5S/c1-14-6-4-7-16(10-14)24(3)22(27)18-8-5-9-25(18)31(28,29)20-12-19-17(11-15(20)2)23-21(26)13-30-19/h4,6-7,10-12,18H,5,8-9,13H2,1-3H3,(H,23,26). The molecule has 1 unspecified atom stereocenters. The maximum absolute atomic E-state index is 13.5. The number of fused-ring (bicyclic) bond motifs is 1. The number of carbonyl (C=O) groups is 2. The minimum atomic E-state index is -3.94. The molecule has 1 saturated heterocycles. The normalized spacial score (nSPS) is 18.8. The molecule has 4 rings (SSSR count). The molecule has 1 N–H and O–H groups in total. The number of likely N-dealkylation sites (N-methyl/N-ethyl adjacent to an activating group) is 1. The molecule has 0 aromatic heterocycles. The smallest absolute Gasteiger partial charge is 0.262 e. The topological polar surface area (TPSA) is 96.0 Å². The lowest BCUT2D eigenvalue weighted by Gasteiger charge is -2.28. The molecule has 2 aromatic rings. The van der Waals surface area contributed by atoms with Gasteiger partial charge < -0.3 is 15.0 Å². The summed E-state index contributed by atoms with van der Waals surface area (Å²) < 4.78 is 33.8. The molecular weight excluding hydrogens is 418 g/mol. The van der Waals surface area contributed by atoms with Gasteiger partial charge in [0.2, 0.25) is 15.9 Å². The summed E-state index contributed by atoms with van der Waals surface area (Å²) in [4.78, 5) is 26.4. The first kappa shape index (κ1) is 21.3. The Hall–Kier alpha value is -2.91. The number of anilines is 2. The number of ether oxygens (including phenoxy) is 1. The van der Waals surface area contributed by atoms with E-state index in [9.17, 15) is 18.0 Å². The Balaban J connectivity index is 1.65. The summed E-state index contributed by atoms with van der Waals surface area (Å²) in [5.74, 6) is -0.236. The van der Waals surface area contributed by atoms with E-state index >= 15 is 0 Å². The second-order valence-corrected chi connectivity index (χ2v) is 9.82. The summed E-state index contributed by atoms with van der Waals surface area (Å²) in [6, 6.07) is 9.79. The van der Waals surface area contributed by atoms with Crippen LogP contribution in [0.2, 0.25) is 0 Å². The molecule has 0 spiro atoms. The summed E-state index contributed by atoms with van der Waals surface area (Å²) in [7, 11) is -2.27. The van der Waals surface area contributed by atoms with Gasteiger partial charge in [-0.3, -0.25) is 9.59 Å². The molecule has 2 aromatic carbocycles. The number of hydrogen-bond acceptors (Lipinski definition) is 5. The molecule has 0 bridgehead atoms. The summed E-state index contributed by atoms with van der Waals surface area (Å²) in [5, 5.41) is 2.68. The minimum absolute atomic E-state index is 0.0836. The van der Waals surface area contributed by atoms with E-state index in [1.807, 2.05) is 31.2 Å². The van der Waals surface area contributed by atoms with Crippen molar-refractivity contribution in [1.82, 2.24) is 4.31 Å². The second kappa shape index (κ2) is 7.97. The van der Waals surface area contributed by atoms with Crippen molar-refractivity contribution >= 4 is 33.2 Å². The maximum Gasteiger partial charge on any atom is 0.262 e. The van der Waals surface area contributed by atoms with Crippen LogP contribution in [0.4, 0.5) is 11.4 Å². The van der Waals surface area contributed by atoms with Crippen LogP contribution < -0.4 is 15.0 Å². The lowest BCUT2D eigenvalue weighted by molar-refractivity contribution is -0.121. The van der Waals surface area contributed by atoms with Gasteiger partial charge in [0.15, 0.2) is 6.61 Å². The van der Waals surface area contributed by atoms with Crippen LogP contribution in [0.1, 0.15) is 24.0 Å². The SMILES string of the molecule is Cc1cccc(N(C)C(=O)C2CCCN2S(=O)(=O)c2cc3c(cc2C)NC(=O)CO3)c1. The Morgan fingerprint density at radius 3 is 2.74 bits per heavy atom. The summed E-state index contributed by atoms with van der Waals surface area (Å²) in [6.07, 6.45) is 1.07. The van der Waals surface area contributed by atoms with E-state index < -0.39 is 16.1 Å².